The molecular formula is C18H20F4N4O. The molecule has 1 aliphatic rings. The van der Waals surface area contributed by atoms with Crippen LogP contribution in [0.3, 0.4) is 0 Å². The van der Waals surface area contributed by atoms with Gasteiger partial charge >= 0.3 is 6.18 Å². The summed E-state index contributed by atoms with van der Waals surface area (Å²) in [5.41, 5.74) is 4.43. The molecule has 1 heterocycles. The predicted octanol–water partition coefficient (Wildman–Crippen LogP) is 3.73. The normalized spacial score (nSPS) is 14.9. The number of nitrogens with one attached hydrogen (secondary N) is 2. The molecule has 0 atom stereocenters. The number of alkyl halides is 3. The molecule has 0 spiro atoms. The van der Waals surface area contributed by atoms with Crippen molar-refractivity contribution in [1.82, 2.24) is 10.3 Å². The largest absolute Gasteiger partial charge is 0.418 e. The lowest BCUT2D eigenvalue weighted by molar-refractivity contribution is -0.137. The lowest BCUT2D eigenvalue weighted by atomic mass is 10.1. The van der Waals surface area contributed by atoms with E-state index >= 15 is 0 Å². The number of hydrogen-bond acceptors (Lipinski definition) is 4. The van der Waals surface area contributed by atoms with E-state index in [2.05, 4.69) is 15.6 Å². The van der Waals surface area contributed by atoms with E-state index in [1.165, 1.54) is 12.3 Å². The molecule has 9 heteroatoms. The topological polar surface area (TPSA) is 80.0 Å². The van der Waals surface area contributed by atoms with Gasteiger partial charge in [0.2, 0.25) is 5.91 Å². The molecule has 1 aliphatic carbocycles. The molecular weight excluding hydrogens is 364 g/mol. The number of carbonyl (C=O) groups excluding carboxylic acids is 1. The van der Waals surface area contributed by atoms with E-state index < -0.39 is 23.1 Å². The Bertz CT molecular complexity index is 817. The van der Waals surface area contributed by atoms with Gasteiger partial charge in [-0.2, -0.15) is 13.2 Å². The molecule has 0 unspecified atom stereocenters. The highest BCUT2D eigenvalue weighted by Crippen LogP contribution is 2.36. The minimum atomic E-state index is -4.69. The van der Waals surface area contributed by atoms with E-state index in [0.29, 0.717) is 30.3 Å². The molecule has 4 N–H and O–H groups in total. The Morgan fingerprint density at radius 2 is 1.93 bits per heavy atom. The molecule has 5 nitrogen and oxygen atoms in total. The van der Waals surface area contributed by atoms with Crippen LogP contribution in [0.1, 0.15) is 31.5 Å². The first-order chi connectivity index (χ1) is 12.2. The Kier molecular flexibility index (Phi) is 5.74. The molecule has 0 aliphatic heterocycles. The SMILES string of the molecule is C.NC1(C(=O)NCc2ccc(Nc3ccc(F)cc3C(F)(F)F)cn2)CC1. The number of amides is 1. The Labute approximate surface area is 154 Å². The van der Waals surface area contributed by atoms with E-state index in [0.717, 1.165) is 12.1 Å². The number of halogens is 4. The molecule has 1 saturated carbocycles. The van der Waals surface area contributed by atoms with Crippen molar-refractivity contribution in [3.05, 3.63) is 53.6 Å². The summed E-state index contributed by atoms with van der Waals surface area (Å²) in [5.74, 6) is -1.22. The maximum absolute atomic E-state index is 13.1. The summed E-state index contributed by atoms with van der Waals surface area (Å²) in [6, 6.07) is 5.47. The molecule has 146 valence electrons. The van der Waals surface area contributed by atoms with Gasteiger partial charge in [-0.15, -0.1) is 0 Å². The molecule has 2 aromatic rings. The maximum atomic E-state index is 13.1. The van der Waals surface area contributed by atoms with Crippen LogP contribution in [0.5, 0.6) is 0 Å². The van der Waals surface area contributed by atoms with E-state index in [9.17, 15) is 22.4 Å². The zero-order valence-corrected chi connectivity index (χ0v) is 13.5. The third-order valence-corrected chi connectivity index (χ3v) is 4.06. The number of carbonyl (C=O) groups is 1. The minimum Gasteiger partial charge on any atom is -0.354 e. The molecule has 0 radical (unpaired) electrons. The highest BCUT2D eigenvalue weighted by atomic mass is 19.4. The zero-order chi connectivity index (χ0) is 18.9. The van der Waals surface area contributed by atoms with Gasteiger partial charge in [0.1, 0.15) is 5.82 Å². The predicted molar refractivity (Wildman–Crippen MR) is 93.7 cm³/mol. The third kappa shape index (κ3) is 4.94. The van der Waals surface area contributed by atoms with E-state index in [-0.39, 0.29) is 25.6 Å². The van der Waals surface area contributed by atoms with E-state index in [1.807, 2.05) is 0 Å². The number of aromatic nitrogens is 1. The number of nitrogens with two attached hydrogens (primary N) is 1. The fraction of sp³-hybridized carbons (Fsp3) is 0.333. The van der Waals surface area contributed by atoms with Crippen molar-refractivity contribution in [3.63, 3.8) is 0 Å². The smallest absolute Gasteiger partial charge is 0.354 e. The van der Waals surface area contributed by atoms with Crippen LogP contribution in [-0.2, 0) is 17.5 Å². The molecule has 1 aromatic heterocycles. The number of pyridine rings is 1. The van der Waals surface area contributed by atoms with Crippen LogP contribution in [0.2, 0.25) is 0 Å². The number of anilines is 2. The molecule has 1 amide bonds. The number of benzene rings is 1. The van der Waals surface area contributed by atoms with Gasteiger partial charge in [0.25, 0.3) is 0 Å². The highest BCUT2D eigenvalue weighted by molar-refractivity contribution is 5.88. The zero-order valence-electron chi connectivity index (χ0n) is 13.5. The van der Waals surface area contributed by atoms with Crippen molar-refractivity contribution in [2.24, 2.45) is 5.73 Å². The standard InChI is InChI=1S/C17H16F4N4O.CH4/c18-10-1-4-14(13(7-10)17(19,20)21)25-12-3-2-11(23-9-12)8-24-15(26)16(22)5-6-16;/h1-4,7,9,25H,5-6,8,22H2,(H,24,26);1H4. The van der Waals surface area contributed by atoms with Crippen LogP contribution in [0.15, 0.2) is 36.5 Å². The van der Waals surface area contributed by atoms with Crippen molar-refractivity contribution < 1.29 is 22.4 Å². The van der Waals surface area contributed by atoms with Crippen LogP contribution in [0.25, 0.3) is 0 Å². The first-order valence-electron chi connectivity index (χ1n) is 7.83. The molecule has 27 heavy (non-hydrogen) atoms. The Hall–Kier alpha value is -2.68. The number of nitrogens with zero attached hydrogens (tertiary/aromatic N) is 1. The van der Waals surface area contributed by atoms with Crippen LogP contribution in [0.4, 0.5) is 28.9 Å². The number of rotatable bonds is 5. The monoisotopic (exact) mass is 384 g/mol. The molecule has 1 fully saturated rings. The van der Waals surface area contributed by atoms with Crippen LogP contribution in [-0.4, -0.2) is 16.4 Å². The fourth-order valence-corrected chi connectivity index (χ4v) is 2.33. The van der Waals surface area contributed by atoms with Crippen molar-refractivity contribution in [2.45, 2.75) is 38.5 Å². The van der Waals surface area contributed by atoms with Gasteiger partial charge in [0.15, 0.2) is 0 Å². The second-order valence-corrected chi connectivity index (χ2v) is 6.19. The second kappa shape index (κ2) is 7.51. The highest BCUT2D eigenvalue weighted by Gasteiger charge is 2.45. The lowest BCUT2D eigenvalue weighted by Gasteiger charge is -2.15. The van der Waals surface area contributed by atoms with E-state index in [1.54, 1.807) is 6.07 Å². The van der Waals surface area contributed by atoms with Crippen molar-refractivity contribution in [1.29, 1.82) is 0 Å². The first kappa shape index (κ1) is 20.6. The van der Waals surface area contributed by atoms with Gasteiger partial charge in [-0.1, -0.05) is 7.43 Å². The summed E-state index contributed by atoms with van der Waals surface area (Å²) in [6.07, 6.45) is -2.06. The molecule has 0 bridgehead atoms. The van der Waals surface area contributed by atoms with Gasteiger partial charge in [0.05, 0.1) is 40.9 Å². The Morgan fingerprint density at radius 3 is 2.48 bits per heavy atom. The maximum Gasteiger partial charge on any atom is 0.418 e. The quantitative estimate of drug-likeness (QED) is 0.687. The van der Waals surface area contributed by atoms with Gasteiger partial charge in [0, 0.05) is 0 Å². The fourth-order valence-electron chi connectivity index (χ4n) is 2.33. The second-order valence-electron chi connectivity index (χ2n) is 6.19. The summed E-state index contributed by atoms with van der Waals surface area (Å²) in [5, 5.41) is 5.24. The molecule has 1 aromatic carbocycles. The van der Waals surface area contributed by atoms with E-state index in [4.69, 9.17) is 5.73 Å². The lowest BCUT2D eigenvalue weighted by Crippen LogP contribution is -2.42. The van der Waals surface area contributed by atoms with Gasteiger partial charge in [-0.3, -0.25) is 9.78 Å². The van der Waals surface area contributed by atoms with Crippen molar-refractivity contribution in [3.8, 4) is 0 Å². The summed E-state index contributed by atoms with van der Waals surface area (Å²) >= 11 is 0. The average Bonchev–Trinajstić information content (AvgIpc) is 3.33. The summed E-state index contributed by atoms with van der Waals surface area (Å²) in [4.78, 5) is 15.8. The third-order valence-electron chi connectivity index (χ3n) is 4.06. The van der Waals surface area contributed by atoms with Gasteiger partial charge in [-0.05, 0) is 43.2 Å². The van der Waals surface area contributed by atoms with Gasteiger partial charge < -0.3 is 16.4 Å². The van der Waals surface area contributed by atoms with Crippen LogP contribution < -0.4 is 16.4 Å². The number of hydrogen-bond donors (Lipinski definition) is 3. The first-order valence-corrected chi connectivity index (χ1v) is 7.83. The summed E-state index contributed by atoms with van der Waals surface area (Å²) in [7, 11) is 0. The van der Waals surface area contributed by atoms with Crippen LogP contribution >= 0.6 is 0 Å². The summed E-state index contributed by atoms with van der Waals surface area (Å²) in [6.45, 7) is 0.169. The van der Waals surface area contributed by atoms with Gasteiger partial charge in [-0.25, -0.2) is 4.39 Å². The van der Waals surface area contributed by atoms with Crippen LogP contribution in [0, 0.1) is 5.82 Å². The molecule has 3 rings (SSSR count). The summed E-state index contributed by atoms with van der Waals surface area (Å²) < 4.78 is 52.1. The Balaban J connectivity index is 0.00000261. The Morgan fingerprint density at radius 1 is 1.22 bits per heavy atom. The minimum absolute atomic E-state index is 0. The average molecular weight is 384 g/mol. The van der Waals surface area contributed by atoms with Crippen molar-refractivity contribution >= 4 is 17.3 Å². The molecule has 0 saturated heterocycles. The van der Waals surface area contributed by atoms with Crippen molar-refractivity contribution in [2.75, 3.05) is 5.32 Å².